The van der Waals surface area contributed by atoms with Gasteiger partial charge in [0.15, 0.2) is 0 Å². The van der Waals surface area contributed by atoms with Gasteiger partial charge in [0.2, 0.25) is 0 Å². The zero-order valence-corrected chi connectivity index (χ0v) is 15.8. The molecule has 0 bridgehead atoms. The molecule has 0 fully saturated rings. The van der Waals surface area contributed by atoms with Crippen molar-refractivity contribution in [3.63, 3.8) is 0 Å². The van der Waals surface area contributed by atoms with E-state index in [1.807, 2.05) is 6.07 Å². The van der Waals surface area contributed by atoms with E-state index in [-0.39, 0.29) is 13.2 Å². The first-order valence-electron chi connectivity index (χ1n) is 7.14. The highest BCUT2D eigenvalue weighted by Crippen LogP contribution is 2.24. The van der Waals surface area contributed by atoms with E-state index in [9.17, 15) is 9.90 Å². The molecule has 0 atom stereocenters. The number of anilines is 3. The molecule has 2 amide bonds. The number of benzene rings is 2. The van der Waals surface area contributed by atoms with E-state index < -0.39 is 6.03 Å². The summed E-state index contributed by atoms with van der Waals surface area (Å²) in [6.07, 6.45) is 0. The predicted octanol–water partition coefficient (Wildman–Crippen LogP) is 3.75. The molecule has 0 heterocycles. The van der Waals surface area contributed by atoms with Crippen molar-refractivity contribution in [2.75, 3.05) is 29.1 Å². The summed E-state index contributed by atoms with van der Waals surface area (Å²) in [5, 5.41) is 26.7. The zero-order chi connectivity index (χ0) is 17.5. The smallest absolute Gasteiger partial charge is 0.323 e. The summed E-state index contributed by atoms with van der Waals surface area (Å²) >= 11 is 6.72. The Morgan fingerprint density at radius 2 is 1.71 bits per heavy atom. The van der Waals surface area contributed by atoms with Gasteiger partial charge < -0.3 is 26.2 Å². The Balaban J connectivity index is 2.10. The molecule has 2 aromatic rings. The van der Waals surface area contributed by atoms with Crippen LogP contribution in [0, 0.1) is 0 Å². The normalized spacial score (nSPS) is 10.3. The number of hydrogen-bond donors (Lipinski definition) is 5. The number of aliphatic hydroxyl groups is 2. The highest BCUT2D eigenvalue weighted by Gasteiger charge is 2.08. The van der Waals surface area contributed by atoms with E-state index in [0.717, 1.165) is 14.6 Å². The molecular weight excluding hydrogens is 442 g/mol. The second-order valence-corrected chi connectivity index (χ2v) is 6.75. The molecule has 0 spiro atoms. The summed E-state index contributed by atoms with van der Waals surface area (Å²) in [6, 6.07) is 10.2. The minimum Gasteiger partial charge on any atom is -0.395 e. The molecule has 0 saturated carbocycles. The van der Waals surface area contributed by atoms with Crippen LogP contribution in [-0.2, 0) is 6.61 Å². The number of nitrogens with one attached hydrogen (secondary N) is 3. The summed E-state index contributed by atoms with van der Waals surface area (Å²) in [7, 11) is 0. The second-order valence-electron chi connectivity index (χ2n) is 4.92. The Bertz CT molecular complexity index is 726. The molecule has 0 aliphatic rings. The summed E-state index contributed by atoms with van der Waals surface area (Å²) < 4.78 is 1.59. The third kappa shape index (κ3) is 5.48. The van der Waals surface area contributed by atoms with E-state index in [1.54, 1.807) is 30.3 Å². The largest absolute Gasteiger partial charge is 0.395 e. The van der Waals surface area contributed by atoms with Gasteiger partial charge in [-0.15, -0.1) is 0 Å². The average molecular weight is 459 g/mol. The van der Waals surface area contributed by atoms with Crippen molar-refractivity contribution in [3.05, 3.63) is 50.9 Å². The molecule has 0 aliphatic heterocycles. The maximum Gasteiger partial charge on any atom is 0.323 e. The fraction of sp³-hybridized carbons (Fsp3) is 0.188. The minimum atomic E-state index is -0.422. The van der Waals surface area contributed by atoms with Crippen LogP contribution in [0.2, 0.25) is 0 Å². The van der Waals surface area contributed by atoms with Crippen molar-refractivity contribution in [1.29, 1.82) is 0 Å². The lowest BCUT2D eigenvalue weighted by Gasteiger charge is -2.13. The SMILES string of the molecule is O=C(Nc1cc(Br)cc(NCCO)c1)Nc1cc(Br)ccc1CO. The highest BCUT2D eigenvalue weighted by atomic mass is 79.9. The van der Waals surface area contributed by atoms with Crippen LogP contribution in [0.4, 0.5) is 21.9 Å². The number of aliphatic hydroxyl groups excluding tert-OH is 2. The van der Waals surface area contributed by atoms with E-state index >= 15 is 0 Å². The van der Waals surface area contributed by atoms with Crippen LogP contribution in [0.5, 0.6) is 0 Å². The van der Waals surface area contributed by atoms with E-state index in [4.69, 9.17) is 5.11 Å². The second kappa shape index (κ2) is 9.03. The molecule has 0 unspecified atom stereocenters. The monoisotopic (exact) mass is 457 g/mol. The van der Waals surface area contributed by atoms with Gasteiger partial charge in [0, 0.05) is 38.1 Å². The lowest BCUT2D eigenvalue weighted by atomic mass is 10.2. The number of amides is 2. The Labute approximate surface area is 156 Å². The third-order valence-corrected chi connectivity index (χ3v) is 4.04. The van der Waals surface area contributed by atoms with Crippen LogP contribution in [0.3, 0.4) is 0 Å². The fourth-order valence-corrected chi connectivity index (χ4v) is 2.91. The van der Waals surface area contributed by atoms with Crippen molar-refractivity contribution in [3.8, 4) is 0 Å². The lowest BCUT2D eigenvalue weighted by Crippen LogP contribution is -2.20. The van der Waals surface area contributed by atoms with Crippen LogP contribution < -0.4 is 16.0 Å². The molecule has 5 N–H and O–H groups in total. The van der Waals surface area contributed by atoms with Crippen molar-refractivity contribution >= 4 is 55.0 Å². The number of carbonyl (C=O) groups excluding carboxylic acids is 1. The topological polar surface area (TPSA) is 93.6 Å². The summed E-state index contributed by atoms with van der Waals surface area (Å²) in [4.78, 5) is 12.2. The quantitative estimate of drug-likeness (QED) is 0.455. The van der Waals surface area contributed by atoms with Gasteiger partial charge in [0.05, 0.1) is 13.2 Å². The van der Waals surface area contributed by atoms with Gasteiger partial charge >= 0.3 is 6.03 Å². The van der Waals surface area contributed by atoms with Crippen LogP contribution in [-0.4, -0.2) is 29.4 Å². The minimum absolute atomic E-state index is 0.0165. The van der Waals surface area contributed by atoms with Crippen LogP contribution in [0.25, 0.3) is 0 Å². The van der Waals surface area contributed by atoms with E-state index in [2.05, 4.69) is 47.8 Å². The fourth-order valence-electron chi connectivity index (χ4n) is 2.05. The number of hydrogen-bond acceptors (Lipinski definition) is 4. The molecule has 24 heavy (non-hydrogen) atoms. The Morgan fingerprint density at radius 3 is 2.42 bits per heavy atom. The summed E-state index contributed by atoms with van der Waals surface area (Å²) in [5.41, 5.74) is 2.50. The first kappa shape index (κ1) is 18.7. The third-order valence-electron chi connectivity index (χ3n) is 3.09. The molecule has 0 saturated heterocycles. The van der Waals surface area contributed by atoms with Gasteiger partial charge in [-0.3, -0.25) is 0 Å². The zero-order valence-electron chi connectivity index (χ0n) is 12.6. The van der Waals surface area contributed by atoms with Gasteiger partial charge in [-0.25, -0.2) is 4.79 Å². The molecule has 0 radical (unpaired) electrons. The number of urea groups is 1. The van der Waals surface area contributed by atoms with Gasteiger partial charge in [-0.05, 0) is 30.3 Å². The Kier molecular flexibility index (Phi) is 7.04. The number of halogens is 2. The van der Waals surface area contributed by atoms with Crippen molar-refractivity contribution in [2.45, 2.75) is 6.61 Å². The Morgan fingerprint density at radius 1 is 0.958 bits per heavy atom. The first-order chi connectivity index (χ1) is 11.5. The number of carbonyl (C=O) groups is 1. The Hall–Kier alpha value is -1.61. The van der Waals surface area contributed by atoms with Gasteiger partial charge in [-0.1, -0.05) is 37.9 Å². The van der Waals surface area contributed by atoms with Crippen LogP contribution in [0.15, 0.2) is 45.3 Å². The molecule has 2 rings (SSSR count). The molecule has 0 aromatic heterocycles. The molecule has 8 heteroatoms. The lowest BCUT2D eigenvalue weighted by molar-refractivity contribution is 0.262. The standard InChI is InChI=1S/C16H17Br2N3O3/c17-11-2-1-10(9-23)15(7-11)21-16(24)20-14-6-12(18)5-13(8-14)19-3-4-22/h1-2,5-8,19,22-23H,3-4,9H2,(H2,20,21,24). The van der Waals surface area contributed by atoms with Crippen molar-refractivity contribution in [2.24, 2.45) is 0 Å². The predicted molar refractivity (Wildman–Crippen MR) is 102 cm³/mol. The van der Waals surface area contributed by atoms with Crippen LogP contribution in [0.1, 0.15) is 5.56 Å². The van der Waals surface area contributed by atoms with Crippen LogP contribution >= 0.6 is 31.9 Å². The van der Waals surface area contributed by atoms with Gasteiger partial charge in [-0.2, -0.15) is 0 Å². The highest BCUT2D eigenvalue weighted by molar-refractivity contribution is 9.10. The average Bonchev–Trinajstić information content (AvgIpc) is 2.52. The molecule has 0 aliphatic carbocycles. The van der Waals surface area contributed by atoms with Crippen molar-refractivity contribution < 1.29 is 15.0 Å². The maximum atomic E-state index is 12.2. The molecule has 2 aromatic carbocycles. The maximum absolute atomic E-state index is 12.2. The van der Waals surface area contributed by atoms with Gasteiger partial charge in [0.1, 0.15) is 0 Å². The molecular formula is C16H17Br2N3O3. The summed E-state index contributed by atoms with van der Waals surface area (Å²) in [6.45, 7) is 0.261. The summed E-state index contributed by atoms with van der Waals surface area (Å²) in [5.74, 6) is 0. The first-order valence-corrected chi connectivity index (χ1v) is 8.73. The number of rotatable bonds is 6. The van der Waals surface area contributed by atoms with Crippen molar-refractivity contribution in [1.82, 2.24) is 0 Å². The van der Waals surface area contributed by atoms with E-state index in [0.29, 0.717) is 23.5 Å². The molecule has 128 valence electrons. The molecule has 6 nitrogen and oxygen atoms in total. The van der Waals surface area contributed by atoms with E-state index in [1.165, 1.54) is 0 Å². The van der Waals surface area contributed by atoms with Gasteiger partial charge in [0.25, 0.3) is 0 Å².